The summed E-state index contributed by atoms with van der Waals surface area (Å²) in [6.07, 6.45) is 11.2. The minimum Gasteiger partial charge on any atom is -0.505 e. The summed E-state index contributed by atoms with van der Waals surface area (Å²) in [6, 6.07) is 18.3. The normalized spacial score (nSPS) is 21.1. The van der Waals surface area contributed by atoms with Crippen molar-refractivity contribution in [3.8, 4) is 27.7 Å². The number of hydrogen-bond donors (Lipinski definition) is 1. The smallest absolute Gasteiger partial charge is 0.195 e. The van der Waals surface area contributed by atoms with E-state index in [0.717, 1.165) is 61.1 Å². The van der Waals surface area contributed by atoms with Crippen LogP contribution < -0.4 is 9.47 Å². The highest BCUT2D eigenvalue weighted by Gasteiger charge is 2.32. The fraction of sp³-hybridized carbons (Fsp3) is 0.447. The summed E-state index contributed by atoms with van der Waals surface area (Å²) in [5, 5.41) is 10.6. The molecule has 3 aromatic carbocycles. The van der Waals surface area contributed by atoms with Gasteiger partial charge in [-0.25, -0.2) is 4.39 Å². The second-order valence-electron chi connectivity index (χ2n) is 13.0. The quantitative estimate of drug-likeness (QED) is 0.176. The fourth-order valence-electron chi connectivity index (χ4n) is 7.42. The van der Waals surface area contributed by atoms with Gasteiger partial charge in [0.2, 0.25) is 0 Å². The molecule has 3 aliphatic rings. The second kappa shape index (κ2) is 14.1. The first-order chi connectivity index (χ1) is 22.5. The number of halogens is 1. The predicted octanol–water partition coefficient (Wildman–Crippen LogP) is 8.29. The predicted molar refractivity (Wildman–Crippen MR) is 182 cm³/mol. The van der Waals surface area contributed by atoms with Crippen molar-refractivity contribution in [3.63, 3.8) is 0 Å². The van der Waals surface area contributed by atoms with Crippen LogP contribution >= 0.6 is 11.3 Å². The van der Waals surface area contributed by atoms with Crippen molar-refractivity contribution in [2.45, 2.75) is 69.9 Å². The van der Waals surface area contributed by atoms with E-state index < -0.39 is 11.6 Å². The van der Waals surface area contributed by atoms with Gasteiger partial charge in [0.1, 0.15) is 24.2 Å². The SMILES string of the molecule is O=C(c1ccc(O[C@H]2CCCC[C@@H]2N2CCCCC2)cc1)c1c(-c2ccc(OCCN3CCCC3)cc2)sc2cc(O)c(F)cc12. The zero-order valence-electron chi connectivity index (χ0n) is 26.4. The van der Waals surface area contributed by atoms with Crippen LogP contribution in [0, 0.1) is 5.82 Å². The first-order valence-electron chi connectivity index (χ1n) is 17.0. The highest BCUT2D eigenvalue weighted by molar-refractivity contribution is 7.22. The van der Waals surface area contributed by atoms with E-state index in [1.807, 2.05) is 48.5 Å². The summed E-state index contributed by atoms with van der Waals surface area (Å²) in [5.41, 5.74) is 1.80. The third-order valence-electron chi connectivity index (χ3n) is 9.91. The Labute approximate surface area is 274 Å². The average molecular weight is 643 g/mol. The molecule has 0 amide bonds. The zero-order valence-corrected chi connectivity index (χ0v) is 27.2. The number of ether oxygens (including phenoxy) is 2. The maximum atomic E-state index is 14.6. The van der Waals surface area contributed by atoms with Crippen molar-refractivity contribution in [2.24, 2.45) is 0 Å². The number of hydrogen-bond acceptors (Lipinski definition) is 7. The molecule has 2 saturated heterocycles. The molecule has 242 valence electrons. The Bertz CT molecular complexity index is 1640. The van der Waals surface area contributed by atoms with Gasteiger partial charge in [0, 0.05) is 44.7 Å². The lowest BCUT2D eigenvalue weighted by molar-refractivity contribution is 0.0261. The molecule has 0 unspecified atom stereocenters. The van der Waals surface area contributed by atoms with Gasteiger partial charge >= 0.3 is 0 Å². The van der Waals surface area contributed by atoms with Crippen molar-refractivity contribution >= 4 is 27.2 Å². The zero-order chi connectivity index (χ0) is 31.5. The average Bonchev–Trinajstić information content (AvgIpc) is 3.74. The van der Waals surface area contributed by atoms with Crippen LogP contribution in [0.25, 0.3) is 20.5 Å². The van der Waals surface area contributed by atoms with Gasteiger partial charge < -0.3 is 14.6 Å². The summed E-state index contributed by atoms with van der Waals surface area (Å²) >= 11 is 1.38. The van der Waals surface area contributed by atoms with Gasteiger partial charge in [0.25, 0.3) is 0 Å². The van der Waals surface area contributed by atoms with E-state index in [1.54, 1.807) is 0 Å². The van der Waals surface area contributed by atoms with Crippen LogP contribution in [0.3, 0.4) is 0 Å². The number of likely N-dealkylation sites (tertiary alicyclic amines) is 2. The van der Waals surface area contributed by atoms with Crippen LogP contribution in [0.5, 0.6) is 17.2 Å². The Morgan fingerprint density at radius 1 is 0.848 bits per heavy atom. The van der Waals surface area contributed by atoms with E-state index in [2.05, 4.69) is 9.80 Å². The number of phenols is 1. The molecular formula is C38H43FN2O4S. The van der Waals surface area contributed by atoms with E-state index in [-0.39, 0.29) is 11.9 Å². The van der Waals surface area contributed by atoms with E-state index in [4.69, 9.17) is 9.47 Å². The number of rotatable bonds is 10. The molecule has 7 rings (SSSR count). The molecule has 0 radical (unpaired) electrons. The van der Waals surface area contributed by atoms with Gasteiger partial charge in [-0.1, -0.05) is 12.8 Å². The van der Waals surface area contributed by atoms with Crippen LogP contribution in [-0.2, 0) is 0 Å². The molecule has 2 aliphatic heterocycles. The van der Waals surface area contributed by atoms with Gasteiger partial charge in [-0.2, -0.15) is 0 Å². The van der Waals surface area contributed by atoms with Crippen LogP contribution in [0.4, 0.5) is 4.39 Å². The van der Waals surface area contributed by atoms with E-state index >= 15 is 0 Å². The third-order valence-corrected chi connectivity index (χ3v) is 11.1. The van der Waals surface area contributed by atoms with Gasteiger partial charge in [-0.3, -0.25) is 14.6 Å². The molecule has 6 nitrogen and oxygen atoms in total. The van der Waals surface area contributed by atoms with Crippen molar-refractivity contribution in [1.82, 2.24) is 9.80 Å². The monoisotopic (exact) mass is 642 g/mol. The second-order valence-corrected chi connectivity index (χ2v) is 14.0. The molecule has 2 atom stereocenters. The molecule has 3 fully saturated rings. The van der Waals surface area contributed by atoms with E-state index in [1.165, 1.54) is 74.8 Å². The first kappa shape index (κ1) is 31.2. The number of benzene rings is 3. The number of carbonyl (C=O) groups is 1. The lowest BCUT2D eigenvalue weighted by Gasteiger charge is -2.41. The lowest BCUT2D eigenvalue weighted by atomic mass is 9.90. The summed E-state index contributed by atoms with van der Waals surface area (Å²) in [7, 11) is 0. The lowest BCUT2D eigenvalue weighted by Crippen LogP contribution is -2.49. The molecule has 4 aromatic rings. The topological polar surface area (TPSA) is 62.2 Å². The van der Waals surface area contributed by atoms with Crippen molar-refractivity contribution < 1.29 is 23.8 Å². The van der Waals surface area contributed by atoms with Crippen molar-refractivity contribution in [2.75, 3.05) is 39.3 Å². The largest absolute Gasteiger partial charge is 0.505 e. The van der Waals surface area contributed by atoms with Gasteiger partial charge in [0.05, 0.1) is 0 Å². The van der Waals surface area contributed by atoms with Crippen LogP contribution in [0.2, 0.25) is 0 Å². The Balaban J connectivity index is 1.11. The first-order valence-corrected chi connectivity index (χ1v) is 17.8. The van der Waals surface area contributed by atoms with E-state index in [0.29, 0.717) is 33.9 Å². The number of ketones is 1. The number of thiophene rings is 1. The number of fused-ring (bicyclic) bond motifs is 1. The highest BCUT2D eigenvalue weighted by atomic mass is 32.1. The minimum absolute atomic E-state index is 0.156. The molecule has 0 bridgehead atoms. The van der Waals surface area contributed by atoms with Gasteiger partial charge in [0.15, 0.2) is 17.3 Å². The standard InChI is InChI=1S/C38H43FN2O4S/c39-31-24-30-35(25-33(31)42)46-38(27-12-14-28(15-13-27)44-23-22-40-18-6-7-19-40)36(30)37(43)26-10-16-29(17-11-26)45-34-9-3-2-8-32(34)41-20-4-1-5-21-41/h10-17,24-25,32,34,42H,1-9,18-23H2/t32-,34-/m0/s1. The van der Waals surface area contributed by atoms with Crippen LogP contribution in [0.1, 0.15) is 73.7 Å². The number of aromatic hydroxyl groups is 1. The number of piperidine rings is 1. The molecule has 1 N–H and O–H groups in total. The molecule has 1 saturated carbocycles. The Morgan fingerprint density at radius 2 is 1.54 bits per heavy atom. The summed E-state index contributed by atoms with van der Waals surface area (Å²) < 4.78 is 27.9. The Morgan fingerprint density at radius 3 is 2.30 bits per heavy atom. The maximum absolute atomic E-state index is 14.6. The van der Waals surface area contributed by atoms with Gasteiger partial charge in [-0.15, -0.1) is 11.3 Å². The maximum Gasteiger partial charge on any atom is 0.195 e. The van der Waals surface area contributed by atoms with E-state index in [9.17, 15) is 14.3 Å². The fourth-order valence-corrected chi connectivity index (χ4v) is 8.64. The molecule has 46 heavy (non-hydrogen) atoms. The molecule has 1 aromatic heterocycles. The summed E-state index contributed by atoms with van der Waals surface area (Å²) in [4.78, 5) is 19.9. The van der Waals surface area contributed by atoms with Crippen LogP contribution in [-0.4, -0.2) is 72.2 Å². The summed E-state index contributed by atoms with van der Waals surface area (Å²) in [5.74, 6) is 0.196. The van der Waals surface area contributed by atoms with Gasteiger partial charge in [-0.05, 0) is 131 Å². The highest BCUT2D eigenvalue weighted by Crippen LogP contribution is 2.42. The number of carbonyl (C=O) groups excluding carboxylic acids is 1. The molecule has 3 heterocycles. The molecule has 8 heteroatoms. The Hall–Kier alpha value is -3.46. The van der Waals surface area contributed by atoms with Crippen molar-refractivity contribution in [3.05, 3.63) is 77.6 Å². The van der Waals surface area contributed by atoms with Crippen molar-refractivity contribution in [1.29, 1.82) is 0 Å². The summed E-state index contributed by atoms with van der Waals surface area (Å²) in [6.45, 7) is 6.12. The minimum atomic E-state index is -0.743. The molecule has 0 spiro atoms. The van der Waals surface area contributed by atoms with Crippen LogP contribution in [0.15, 0.2) is 60.7 Å². The Kier molecular flexibility index (Phi) is 9.56. The molecule has 1 aliphatic carbocycles. The number of phenolic OH excluding ortho intramolecular Hbond substituents is 1. The molecular weight excluding hydrogens is 599 g/mol. The third kappa shape index (κ3) is 6.80. The number of nitrogens with zero attached hydrogens (tertiary/aromatic N) is 2.